The number of rotatable bonds is 41. The second kappa shape index (κ2) is 36.5. The van der Waals surface area contributed by atoms with Crippen molar-refractivity contribution in [3.05, 3.63) is 86.1 Å². The molecule has 0 saturated heterocycles. The van der Waals surface area contributed by atoms with Crippen molar-refractivity contribution in [2.45, 2.75) is 45.5 Å². The lowest BCUT2D eigenvalue weighted by atomic mass is 10.0. The number of ether oxygens (including phenoxy) is 11. The van der Waals surface area contributed by atoms with Crippen LogP contribution in [0.15, 0.2) is 46.3 Å². The number of nitrogens with zero attached hydrogens (tertiary/aromatic N) is 3. The van der Waals surface area contributed by atoms with E-state index in [1.807, 2.05) is 23.3 Å². The maximum absolute atomic E-state index is 14.4. The number of hydrogen-bond acceptors (Lipinski definition) is 17. The number of likely N-dealkylation sites (N-methyl/N-ethyl adjacent to an activating group) is 1. The Bertz CT molecular complexity index is 2210. The molecule has 0 bridgehead atoms. The minimum atomic E-state index is -4.62. The van der Waals surface area contributed by atoms with E-state index in [9.17, 15) is 40.3 Å². The molecular formula is C51H69F7N4O13S. The van der Waals surface area contributed by atoms with Gasteiger partial charge >= 0.3 is 12.1 Å². The van der Waals surface area contributed by atoms with Crippen LogP contribution in [-0.4, -0.2) is 180 Å². The molecule has 426 valence electrons. The van der Waals surface area contributed by atoms with E-state index in [0.717, 1.165) is 10.9 Å². The van der Waals surface area contributed by atoms with E-state index in [1.165, 1.54) is 22.3 Å². The maximum atomic E-state index is 14.4. The molecule has 2 N–H and O–H groups in total. The minimum absolute atomic E-state index is 0.00994. The number of thiophene rings is 1. The monoisotopic (exact) mass is 1110 g/mol. The number of hydrogen-bond donors (Lipinski definition) is 1. The van der Waals surface area contributed by atoms with Crippen LogP contribution in [-0.2, 0) is 76.2 Å². The first-order chi connectivity index (χ1) is 36.7. The number of aliphatic imine (C=N–C) groups is 1. The molecule has 4 rings (SSSR count). The zero-order valence-corrected chi connectivity index (χ0v) is 43.7. The average molecular weight is 1110 g/mol. The Morgan fingerprint density at radius 3 is 1.59 bits per heavy atom. The molecule has 0 aliphatic carbocycles. The van der Waals surface area contributed by atoms with Gasteiger partial charge in [0, 0.05) is 44.2 Å². The Labute approximate surface area is 442 Å². The second-order valence-electron chi connectivity index (χ2n) is 16.7. The lowest BCUT2D eigenvalue weighted by molar-refractivity contribution is -0.139. The summed E-state index contributed by atoms with van der Waals surface area (Å²) in [5, 5.41) is 1.85. The molecule has 2 heterocycles. The van der Waals surface area contributed by atoms with Crippen molar-refractivity contribution in [2.75, 3.05) is 152 Å². The molecule has 0 saturated carbocycles. The standard InChI is InChI=1S/C51H69F7N4O13S/c1-3-8-62(50(64)39-32-44-43(7-30-76-44)60-45(59)33-39)36-38-5-4-37(31-40(38)51(56,57)58)35-61(2)9-11-66-13-15-68-17-19-70-21-23-72-25-27-74-29-28-73-26-24-71-22-20-69-18-16-67-14-12-65-10-6-46(63)75-49-47(54)41(52)34-42(53)48(49)55/h4-5,7,30-32,34H,3,6,8-29,33,35-36H2,1-2H3,(H2,59,60). The van der Waals surface area contributed by atoms with Crippen LogP contribution in [0.2, 0.25) is 0 Å². The fourth-order valence-electron chi connectivity index (χ4n) is 6.96. The van der Waals surface area contributed by atoms with Crippen molar-refractivity contribution in [1.29, 1.82) is 0 Å². The SMILES string of the molecule is CCCN(Cc1ccc(CN(C)CCOCCOCCOCCOCCOCCOCCOCCOCCOCCOCCC(=O)Oc2c(F)c(F)cc(F)c2F)cc1C(F)(F)F)C(=O)C1=Cc2sccc2N=C(N)C1. The van der Waals surface area contributed by atoms with Crippen molar-refractivity contribution < 1.29 is 92.4 Å². The van der Waals surface area contributed by atoms with Crippen molar-refractivity contribution in [3.8, 4) is 5.75 Å². The molecule has 2 aromatic carbocycles. The summed E-state index contributed by atoms with van der Waals surface area (Å²) >= 11 is 1.42. The third-order valence-electron chi connectivity index (χ3n) is 10.7. The van der Waals surface area contributed by atoms with Gasteiger partial charge in [0.25, 0.3) is 5.91 Å². The van der Waals surface area contributed by atoms with Crippen LogP contribution in [0.4, 0.5) is 36.4 Å². The Balaban J connectivity index is 0.883. The number of esters is 1. The molecule has 0 radical (unpaired) electrons. The topological polar surface area (TPSA) is 181 Å². The van der Waals surface area contributed by atoms with Gasteiger partial charge in [0.05, 0.1) is 155 Å². The average Bonchev–Trinajstić information content (AvgIpc) is 3.75. The molecule has 1 amide bonds. The molecular weight excluding hydrogens is 1040 g/mol. The predicted octanol–water partition coefficient (Wildman–Crippen LogP) is 7.13. The van der Waals surface area contributed by atoms with E-state index >= 15 is 0 Å². The Hall–Kier alpha value is -4.64. The highest BCUT2D eigenvalue weighted by Crippen LogP contribution is 2.35. The summed E-state index contributed by atoms with van der Waals surface area (Å²) in [7, 11) is 1.81. The van der Waals surface area contributed by atoms with Gasteiger partial charge in [-0.2, -0.15) is 22.0 Å². The van der Waals surface area contributed by atoms with E-state index < -0.39 is 53.1 Å². The first-order valence-corrected chi connectivity index (χ1v) is 25.6. The number of alkyl halides is 3. The summed E-state index contributed by atoms with van der Waals surface area (Å²) < 4.78 is 156. The van der Waals surface area contributed by atoms with E-state index in [4.69, 9.17) is 53.1 Å². The molecule has 0 spiro atoms. The van der Waals surface area contributed by atoms with Gasteiger partial charge in [-0.15, -0.1) is 11.3 Å². The highest BCUT2D eigenvalue weighted by molar-refractivity contribution is 7.11. The van der Waals surface area contributed by atoms with Crippen LogP contribution in [0.1, 0.15) is 47.8 Å². The van der Waals surface area contributed by atoms with Crippen molar-refractivity contribution in [1.82, 2.24) is 9.80 Å². The van der Waals surface area contributed by atoms with E-state index in [-0.39, 0.29) is 75.9 Å². The molecule has 1 aliphatic heterocycles. The fourth-order valence-corrected chi connectivity index (χ4v) is 7.75. The van der Waals surface area contributed by atoms with Crippen molar-refractivity contribution in [2.24, 2.45) is 10.7 Å². The first kappa shape index (κ1) is 63.9. The normalized spacial score (nSPS) is 12.7. The molecule has 76 heavy (non-hydrogen) atoms. The van der Waals surface area contributed by atoms with Crippen molar-refractivity contribution >= 4 is 40.8 Å². The first-order valence-electron chi connectivity index (χ1n) is 24.8. The van der Waals surface area contributed by atoms with E-state index in [2.05, 4.69) is 9.73 Å². The van der Waals surface area contributed by atoms with Gasteiger partial charge in [0.1, 0.15) is 5.84 Å². The number of halogens is 7. The van der Waals surface area contributed by atoms with Gasteiger partial charge < -0.3 is 62.7 Å². The molecule has 25 heteroatoms. The quantitative estimate of drug-likeness (QED) is 0.0199. The highest BCUT2D eigenvalue weighted by Gasteiger charge is 2.35. The second-order valence-corrected chi connectivity index (χ2v) is 17.7. The van der Waals surface area contributed by atoms with Crippen LogP contribution >= 0.6 is 11.3 Å². The summed E-state index contributed by atoms with van der Waals surface area (Å²) in [5.41, 5.74) is 6.87. The Kier molecular flexibility index (Phi) is 30.6. The van der Waals surface area contributed by atoms with Gasteiger partial charge in [-0.1, -0.05) is 19.1 Å². The zero-order chi connectivity index (χ0) is 55.0. The molecule has 17 nitrogen and oxygen atoms in total. The van der Waals surface area contributed by atoms with Gasteiger partial charge in [-0.05, 0) is 48.2 Å². The molecule has 0 unspecified atom stereocenters. The number of amides is 1. The number of amidine groups is 1. The molecule has 0 atom stereocenters. The summed E-state index contributed by atoms with van der Waals surface area (Å²) in [6.07, 6.45) is -2.62. The number of benzene rings is 2. The van der Waals surface area contributed by atoms with Gasteiger partial charge in [-0.25, -0.2) is 13.8 Å². The molecule has 0 fully saturated rings. The van der Waals surface area contributed by atoms with Crippen LogP contribution in [0.3, 0.4) is 0 Å². The summed E-state index contributed by atoms with van der Waals surface area (Å²) in [6.45, 7) is 9.10. The number of carbonyl (C=O) groups is 2. The largest absolute Gasteiger partial charge is 0.420 e. The number of carbonyl (C=O) groups excluding carboxylic acids is 2. The Morgan fingerprint density at radius 1 is 0.645 bits per heavy atom. The number of nitrogens with two attached hydrogens (primary N) is 1. The minimum Gasteiger partial charge on any atom is -0.420 e. The van der Waals surface area contributed by atoms with Crippen LogP contribution < -0.4 is 10.5 Å². The van der Waals surface area contributed by atoms with Gasteiger partial charge in [0.15, 0.2) is 11.6 Å². The maximum Gasteiger partial charge on any atom is 0.416 e. The third-order valence-corrected chi connectivity index (χ3v) is 11.5. The summed E-state index contributed by atoms with van der Waals surface area (Å²) in [4.78, 5) is 33.9. The highest BCUT2D eigenvalue weighted by atomic mass is 32.1. The van der Waals surface area contributed by atoms with E-state index in [0.29, 0.717) is 135 Å². The summed E-state index contributed by atoms with van der Waals surface area (Å²) in [5.74, 6) is -9.66. The van der Waals surface area contributed by atoms with E-state index in [1.54, 1.807) is 19.2 Å². The van der Waals surface area contributed by atoms with Crippen molar-refractivity contribution in [3.63, 3.8) is 0 Å². The third kappa shape index (κ3) is 24.8. The Morgan fingerprint density at radius 2 is 1.12 bits per heavy atom. The molecule has 1 aliphatic rings. The smallest absolute Gasteiger partial charge is 0.416 e. The van der Waals surface area contributed by atoms with Gasteiger partial charge in [-0.3, -0.25) is 14.5 Å². The lowest BCUT2D eigenvalue weighted by Gasteiger charge is -2.26. The fraction of sp³-hybridized carbons (Fsp3) is 0.588. The number of fused-ring (bicyclic) bond motifs is 1. The molecule has 3 aromatic rings. The zero-order valence-electron chi connectivity index (χ0n) is 42.9. The summed E-state index contributed by atoms with van der Waals surface area (Å²) in [6, 6.07) is 6.10. The molecule has 1 aromatic heterocycles. The van der Waals surface area contributed by atoms with Crippen LogP contribution in [0.25, 0.3) is 6.08 Å². The predicted molar refractivity (Wildman–Crippen MR) is 266 cm³/mol. The van der Waals surface area contributed by atoms with Gasteiger partial charge in [0.2, 0.25) is 17.4 Å². The van der Waals surface area contributed by atoms with Crippen LogP contribution in [0.5, 0.6) is 5.75 Å². The lowest BCUT2D eigenvalue weighted by Crippen LogP contribution is -2.34. The van der Waals surface area contributed by atoms with Crippen LogP contribution in [0, 0.1) is 23.3 Å².